The van der Waals surface area contributed by atoms with Gasteiger partial charge >= 0.3 is 0 Å². The highest BCUT2D eigenvalue weighted by Crippen LogP contribution is 2.26. The highest BCUT2D eigenvalue weighted by Gasteiger charge is 2.20. The monoisotopic (exact) mass is 448 g/mol. The van der Waals surface area contributed by atoms with Crippen molar-refractivity contribution in [3.05, 3.63) is 77.0 Å². The van der Waals surface area contributed by atoms with Crippen LogP contribution in [0.15, 0.2) is 70.9 Å². The van der Waals surface area contributed by atoms with Crippen molar-refractivity contribution >= 4 is 11.9 Å². The molecule has 1 aliphatic heterocycles. The van der Waals surface area contributed by atoms with Gasteiger partial charge in [0, 0.05) is 56.9 Å². The predicted molar refractivity (Wildman–Crippen MR) is 140 cm³/mol. The second-order valence-electron chi connectivity index (χ2n) is 8.72. The zero-order valence-corrected chi connectivity index (χ0v) is 20.8. The van der Waals surface area contributed by atoms with Crippen LogP contribution < -0.4 is 10.2 Å². The van der Waals surface area contributed by atoms with Gasteiger partial charge < -0.3 is 19.9 Å². The Morgan fingerprint density at radius 1 is 1.12 bits per heavy atom. The van der Waals surface area contributed by atoms with Crippen LogP contribution in [0.2, 0.25) is 0 Å². The highest BCUT2D eigenvalue weighted by atomic mass is 16.5. The summed E-state index contributed by atoms with van der Waals surface area (Å²) in [5.41, 5.74) is 6.42. The van der Waals surface area contributed by atoms with E-state index in [0.29, 0.717) is 6.61 Å². The third-order valence-electron chi connectivity index (χ3n) is 6.22. The molecule has 0 radical (unpaired) electrons. The molecule has 0 amide bonds. The first-order chi connectivity index (χ1) is 16.2. The summed E-state index contributed by atoms with van der Waals surface area (Å²) >= 11 is 0. The van der Waals surface area contributed by atoms with Gasteiger partial charge in [-0.25, -0.2) is 0 Å². The van der Waals surface area contributed by atoms with Gasteiger partial charge in [0.15, 0.2) is 0 Å². The van der Waals surface area contributed by atoms with Crippen LogP contribution in [0, 0.1) is 0 Å². The quantitative estimate of drug-likeness (QED) is 0.488. The van der Waals surface area contributed by atoms with Crippen molar-refractivity contribution in [3.8, 4) is 0 Å². The van der Waals surface area contributed by atoms with E-state index < -0.39 is 0 Å². The highest BCUT2D eigenvalue weighted by molar-refractivity contribution is 5.81. The van der Waals surface area contributed by atoms with E-state index in [1.807, 2.05) is 20.3 Å². The zero-order valence-electron chi connectivity index (χ0n) is 20.8. The molecule has 0 fully saturated rings. The Kier molecular flexibility index (Phi) is 9.98. The molecule has 1 aliphatic rings. The van der Waals surface area contributed by atoms with Crippen LogP contribution in [0.1, 0.15) is 43.4 Å². The van der Waals surface area contributed by atoms with E-state index in [9.17, 15) is 0 Å². The SMILES string of the molecule is CCCC1=C(/C=N\C)CN(c2cccc(COC(CCNC)c3ccccc3)c2)CCN1C. The standard InChI is InChI=1S/C28H40N4O/c1-5-10-27-25(20-30-3)21-32(18-17-31(27)4)26-14-9-11-23(19-26)22-33-28(15-16-29-2)24-12-7-6-8-13-24/h6-9,11-14,19-20,28-29H,5,10,15-18,21-22H2,1-4H3/b30-20-. The molecule has 1 N–H and O–H groups in total. The molecule has 1 atom stereocenters. The Balaban J connectivity index is 1.74. The van der Waals surface area contributed by atoms with Crippen molar-refractivity contribution in [3.63, 3.8) is 0 Å². The van der Waals surface area contributed by atoms with E-state index >= 15 is 0 Å². The smallest absolute Gasteiger partial charge is 0.0841 e. The lowest BCUT2D eigenvalue weighted by atomic mass is 10.1. The van der Waals surface area contributed by atoms with Gasteiger partial charge in [-0.1, -0.05) is 55.8 Å². The molecule has 1 heterocycles. The summed E-state index contributed by atoms with van der Waals surface area (Å²) in [5, 5.41) is 3.25. The number of nitrogens with zero attached hydrogens (tertiary/aromatic N) is 3. The van der Waals surface area contributed by atoms with E-state index in [0.717, 1.165) is 45.4 Å². The van der Waals surface area contributed by atoms with Crippen LogP contribution in [-0.4, -0.2) is 58.4 Å². The number of anilines is 1. The Hall–Kier alpha value is -2.63. The second-order valence-corrected chi connectivity index (χ2v) is 8.72. The van der Waals surface area contributed by atoms with Crippen molar-refractivity contribution in [1.29, 1.82) is 0 Å². The van der Waals surface area contributed by atoms with Crippen molar-refractivity contribution in [2.45, 2.75) is 38.9 Å². The third kappa shape index (κ3) is 7.18. The van der Waals surface area contributed by atoms with Gasteiger partial charge in [0.1, 0.15) is 0 Å². The summed E-state index contributed by atoms with van der Waals surface area (Å²) in [6.07, 6.45) is 5.31. The minimum atomic E-state index is 0.0843. The lowest BCUT2D eigenvalue weighted by Crippen LogP contribution is -2.30. The molecule has 5 heteroatoms. The van der Waals surface area contributed by atoms with Crippen molar-refractivity contribution in [2.24, 2.45) is 4.99 Å². The first kappa shape index (κ1) is 25.0. The van der Waals surface area contributed by atoms with Crippen LogP contribution in [-0.2, 0) is 11.3 Å². The maximum Gasteiger partial charge on any atom is 0.0841 e. The van der Waals surface area contributed by atoms with Gasteiger partial charge in [0.05, 0.1) is 12.7 Å². The molecule has 5 nitrogen and oxygen atoms in total. The average Bonchev–Trinajstić information content (AvgIpc) is 2.99. The maximum atomic E-state index is 6.41. The van der Waals surface area contributed by atoms with Gasteiger partial charge in [-0.3, -0.25) is 4.99 Å². The minimum Gasteiger partial charge on any atom is -0.376 e. The van der Waals surface area contributed by atoms with Crippen LogP contribution >= 0.6 is 0 Å². The fourth-order valence-electron chi connectivity index (χ4n) is 4.44. The van der Waals surface area contributed by atoms with Gasteiger partial charge in [-0.05, 0) is 49.7 Å². The lowest BCUT2D eigenvalue weighted by molar-refractivity contribution is 0.0344. The molecule has 1 unspecified atom stereocenters. The van der Waals surface area contributed by atoms with Gasteiger partial charge in [0.25, 0.3) is 0 Å². The third-order valence-corrected chi connectivity index (χ3v) is 6.22. The van der Waals surface area contributed by atoms with Crippen molar-refractivity contribution in [1.82, 2.24) is 10.2 Å². The molecule has 2 aromatic carbocycles. The van der Waals surface area contributed by atoms with Gasteiger partial charge in [0.2, 0.25) is 0 Å². The summed E-state index contributed by atoms with van der Waals surface area (Å²) < 4.78 is 6.41. The van der Waals surface area contributed by atoms with Crippen LogP contribution in [0.25, 0.3) is 0 Å². The summed E-state index contributed by atoms with van der Waals surface area (Å²) in [4.78, 5) is 9.22. The number of hydrogen-bond acceptors (Lipinski definition) is 5. The Labute approximate surface area is 200 Å². The molecule has 3 rings (SSSR count). The zero-order chi connectivity index (χ0) is 23.5. The second kappa shape index (κ2) is 13.2. The molecule has 0 saturated carbocycles. The summed E-state index contributed by atoms with van der Waals surface area (Å²) in [5.74, 6) is 0. The fraction of sp³-hybridized carbons (Fsp3) is 0.464. The molecule has 2 aromatic rings. The molecule has 0 aromatic heterocycles. The minimum absolute atomic E-state index is 0.0843. The first-order valence-corrected chi connectivity index (χ1v) is 12.2. The Morgan fingerprint density at radius 2 is 1.94 bits per heavy atom. The maximum absolute atomic E-state index is 6.41. The average molecular weight is 449 g/mol. The molecule has 0 saturated heterocycles. The number of allylic oxidation sites excluding steroid dienone is 1. The molecule has 33 heavy (non-hydrogen) atoms. The lowest BCUT2D eigenvalue weighted by Gasteiger charge is -2.25. The van der Waals surface area contributed by atoms with E-state index in [2.05, 4.69) is 88.7 Å². The molecule has 0 aliphatic carbocycles. The largest absolute Gasteiger partial charge is 0.376 e. The fourth-order valence-corrected chi connectivity index (χ4v) is 4.44. The Bertz CT molecular complexity index is 909. The molecule has 178 valence electrons. The number of likely N-dealkylation sites (N-methyl/N-ethyl adjacent to an activating group) is 1. The summed E-state index contributed by atoms with van der Waals surface area (Å²) in [7, 11) is 6.06. The number of hydrogen-bond donors (Lipinski definition) is 1. The topological polar surface area (TPSA) is 40.1 Å². The number of benzene rings is 2. The first-order valence-electron chi connectivity index (χ1n) is 12.2. The van der Waals surface area contributed by atoms with Crippen molar-refractivity contribution in [2.75, 3.05) is 52.2 Å². The number of rotatable bonds is 11. The van der Waals surface area contributed by atoms with E-state index in [1.165, 1.54) is 28.1 Å². The number of aliphatic imine (C=N–C) groups is 1. The van der Waals surface area contributed by atoms with Crippen LogP contribution in [0.4, 0.5) is 5.69 Å². The summed E-state index contributed by atoms with van der Waals surface area (Å²) in [6.45, 7) is 6.66. The predicted octanol–water partition coefficient (Wildman–Crippen LogP) is 5.06. The normalized spacial score (nSPS) is 15.9. The van der Waals surface area contributed by atoms with E-state index in [1.54, 1.807) is 0 Å². The molecule has 0 spiro atoms. The molecule has 0 bridgehead atoms. The van der Waals surface area contributed by atoms with Crippen LogP contribution in [0.3, 0.4) is 0 Å². The van der Waals surface area contributed by atoms with Crippen LogP contribution in [0.5, 0.6) is 0 Å². The van der Waals surface area contributed by atoms with Crippen molar-refractivity contribution < 1.29 is 4.74 Å². The van der Waals surface area contributed by atoms with Gasteiger partial charge in [-0.2, -0.15) is 0 Å². The Morgan fingerprint density at radius 3 is 2.67 bits per heavy atom. The van der Waals surface area contributed by atoms with Gasteiger partial charge in [-0.15, -0.1) is 0 Å². The van der Waals surface area contributed by atoms with E-state index in [4.69, 9.17) is 4.74 Å². The molecular weight excluding hydrogens is 408 g/mol. The molecular formula is C28H40N4O. The number of ether oxygens (including phenoxy) is 1. The summed E-state index contributed by atoms with van der Waals surface area (Å²) in [6, 6.07) is 19.3. The number of nitrogens with one attached hydrogen (secondary N) is 1. The van der Waals surface area contributed by atoms with E-state index in [-0.39, 0.29) is 6.10 Å².